The monoisotopic (exact) mass is 612 g/mol. The van der Waals surface area contributed by atoms with Gasteiger partial charge >= 0.3 is 0 Å². The van der Waals surface area contributed by atoms with Crippen LogP contribution in [0.4, 0.5) is 0 Å². The van der Waals surface area contributed by atoms with Crippen LogP contribution < -0.4 is 0 Å². The normalized spacial score (nSPS) is 20.4. The molecule has 0 aliphatic carbocycles. The van der Waals surface area contributed by atoms with E-state index in [0.717, 1.165) is 0 Å². The van der Waals surface area contributed by atoms with Gasteiger partial charge in [0.25, 0.3) is 0 Å². The van der Waals surface area contributed by atoms with Gasteiger partial charge in [0, 0.05) is 15.2 Å². The molecule has 1 aliphatic rings. The first-order chi connectivity index (χ1) is 33.2. The van der Waals surface area contributed by atoms with Gasteiger partial charge in [0.1, 0.15) is 0 Å². The van der Waals surface area contributed by atoms with Gasteiger partial charge in [-0.15, -0.1) is 0 Å². The highest BCUT2D eigenvalue weighted by molar-refractivity contribution is 7.99. The van der Waals surface area contributed by atoms with Crippen molar-refractivity contribution in [3.8, 4) is 44.5 Å². The molecule has 0 N–H and O–H groups in total. The molecule has 9 aromatic carbocycles. The summed E-state index contributed by atoms with van der Waals surface area (Å²) in [4.78, 5) is -0.392. The van der Waals surface area contributed by atoms with Crippen molar-refractivity contribution >= 4 is 54.9 Å². The molecule has 0 saturated carbocycles. The Morgan fingerprint density at radius 1 is 0.333 bits per heavy atom. The van der Waals surface area contributed by atoms with Gasteiger partial charge in [-0.05, 0) is 118 Å². The molecular weight excluding hydrogens is 561 g/mol. The van der Waals surface area contributed by atoms with Crippen molar-refractivity contribution in [3.05, 3.63) is 157 Å². The zero-order valence-corrected chi connectivity index (χ0v) is 23.2. The minimum absolute atomic E-state index is 0.122. The summed E-state index contributed by atoms with van der Waals surface area (Å²) in [5.74, 6) is 0. The molecule has 9 aromatic rings. The van der Waals surface area contributed by atoms with Crippen molar-refractivity contribution < 1.29 is 35.6 Å². The molecule has 0 fully saturated rings. The van der Waals surface area contributed by atoms with Crippen molar-refractivity contribution in [1.29, 1.82) is 0 Å². The van der Waals surface area contributed by atoms with Crippen LogP contribution in [0, 0.1) is 0 Å². The number of hydrogen-bond acceptors (Lipinski definition) is 1. The number of benzene rings is 9. The fraction of sp³-hybridized carbons (Fsp3) is 0. The highest BCUT2D eigenvalue weighted by Crippen LogP contribution is 2.49. The maximum Gasteiger partial charge on any atom is 0.0636 e. The molecule has 0 spiro atoms. The summed E-state index contributed by atoms with van der Waals surface area (Å²) in [6, 6.07) is -21.5. The van der Waals surface area contributed by atoms with Crippen LogP contribution in [0.15, 0.2) is 167 Å². The fourth-order valence-corrected chi connectivity index (χ4v) is 6.52. The van der Waals surface area contributed by atoms with Gasteiger partial charge in [-0.3, -0.25) is 0 Å². The second-order valence-electron chi connectivity index (χ2n) is 10.0. The van der Waals surface area contributed by atoms with Gasteiger partial charge in [-0.25, -0.2) is 0 Å². The van der Waals surface area contributed by atoms with Crippen LogP contribution in [0.25, 0.3) is 87.6 Å². The second-order valence-corrected chi connectivity index (χ2v) is 11.0. The molecule has 208 valence electrons. The topological polar surface area (TPSA) is 0 Å². The van der Waals surface area contributed by atoms with Crippen molar-refractivity contribution in [1.82, 2.24) is 0 Å². The van der Waals surface area contributed by atoms with Crippen LogP contribution >= 0.6 is 11.8 Å². The predicted octanol–water partition coefficient (Wildman–Crippen LogP) is 12.9. The number of fused-ring (bicyclic) bond motifs is 2. The third kappa shape index (κ3) is 3.81. The molecule has 0 aromatic heterocycles. The lowest BCUT2D eigenvalue weighted by molar-refractivity contribution is 1.39. The van der Waals surface area contributed by atoms with Crippen LogP contribution in [-0.4, -0.2) is 0 Å². The largest absolute Gasteiger partial charge is 0.0888 e. The van der Waals surface area contributed by atoms with E-state index in [1.165, 1.54) is 0 Å². The maximum atomic E-state index is 9.97. The molecule has 0 bridgehead atoms. The Hall–Kier alpha value is -5.37. The summed E-state index contributed by atoms with van der Waals surface area (Å²) in [6.07, 6.45) is 0. The highest BCUT2D eigenvalue weighted by atomic mass is 32.2. The summed E-state index contributed by atoms with van der Waals surface area (Å²) in [6.45, 7) is 0. The smallest absolute Gasteiger partial charge is 0.0636 e. The SMILES string of the molecule is [2H]c1c([2H])c([2H])c(-c2c([2H])c(-c3c([2H])c([2H])c4c(c3[2H])-c3c([2H])c([2H])c([2H])c5c([2H])c([2H])c([2H])c(c35)S4)c([2H])c(-c3c([2H])c([2H])c4c([2H])c([2H])c5c([2H])c([2H])c([2H])c6c([2H])c([2H])c3c4c56)c2[2H])c([2H])c1[2H]. The molecule has 0 amide bonds. The molecular formula is C44H26S. The Morgan fingerprint density at radius 3 is 1.80 bits per heavy atom. The van der Waals surface area contributed by atoms with Crippen LogP contribution in [0.2, 0.25) is 0 Å². The van der Waals surface area contributed by atoms with E-state index < -0.39 is 218 Å². The standard InChI is InChI=1S/C44H26S/c1-2-7-27(8-3-1)33-23-34(32-19-22-40-39(26-32)37-13-5-11-28-12-6-14-41(45-40)43(28)37)25-35(24-33)36-20-17-31-16-15-29-9-4-10-30-18-21-38(36)44(31)42(29)30/h1-26H/i1D,2D,3D,4D,5D,6D,7D,8D,9D,10D,11D,12D,13D,14D,15D,16D,17D,18D,19D,20D,21D,22D,23D,24D,25D,26D. The van der Waals surface area contributed by atoms with Crippen molar-refractivity contribution in [2.45, 2.75) is 9.79 Å². The van der Waals surface area contributed by atoms with Gasteiger partial charge < -0.3 is 0 Å². The number of rotatable bonds is 3. The van der Waals surface area contributed by atoms with Crippen LogP contribution in [-0.2, 0) is 0 Å². The van der Waals surface area contributed by atoms with Crippen LogP contribution in [0.3, 0.4) is 0 Å². The minimum Gasteiger partial charge on any atom is -0.0888 e. The van der Waals surface area contributed by atoms with E-state index in [1.54, 1.807) is 0 Å². The average Bonchev–Trinajstić information content (AvgIpc) is 3.33. The van der Waals surface area contributed by atoms with E-state index in [0.29, 0.717) is 11.8 Å². The van der Waals surface area contributed by atoms with Gasteiger partial charge in [-0.1, -0.05) is 133 Å². The lowest BCUT2D eigenvalue weighted by Gasteiger charge is -2.21. The first kappa shape index (κ1) is 10.6. The summed E-state index contributed by atoms with van der Waals surface area (Å²) in [5, 5.41) is -3.08. The Bertz CT molecular complexity index is 4030. The summed E-state index contributed by atoms with van der Waals surface area (Å²) < 4.78 is 235. The summed E-state index contributed by atoms with van der Waals surface area (Å²) in [7, 11) is 0. The third-order valence-corrected chi connectivity index (χ3v) is 8.53. The Kier molecular flexibility index (Phi) is 2.26. The molecule has 0 nitrogen and oxygen atoms in total. The highest BCUT2D eigenvalue weighted by Gasteiger charge is 2.20. The molecule has 0 saturated heterocycles. The summed E-state index contributed by atoms with van der Waals surface area (Å²) in [5.41, 5.74) is -5.70. The Labute approximate surface area is 302 Å². The first-order valence-corrected chi connectivity index (χ1v) is 14.2. The van der Waals surface area contributed by atoms with Gasteiger partial charge in [0.2, 0.25) is 0 Å². The Morgan fingerprint density at radius 2 is 0.978 bits per heavy atom. The average molecular weight is 613 g/mol. The van der Waals surface area contributed by atoms with E-state index >= 15 is 0 Å². The van der Waals surface area contributed by atoms with E-state index in [1.807, 2.05) is 0 Å². The van der Waals surface area contributed by atoms with Gasteiger partial charge in [-0.2, -0.15) is 0 Å². The van der Waals surface area contributed by atoms with Crippen molar-refractivity contribution in [3.63, 3.8) is 0 Å². The summed E-state index contributed by atoms with van der Waals surface area (Å²) >= 11 is 0.612. The molecule has 1 heteroatoms. The first-order valence-electron chi connectivity index (χ1n) is 26.4. The quantitative estimate of drug-likeness (QED) is 0.179. The second kappa shape index (κ2) is 9.56. The van der Waals surface area contributed by atoms with Gasteiger partial charge in [0.05, 0.1) is 35.6 Å². The van der Waals surface area contributed by atoms with Crippen LogP contribution in [0.5, 0.6) is 0 Å². The van der Waals surface area contributed by atoms with Crippen molar-refractivity contribution in [2.75, 3.05) is 0 Å². The van der Waals surface area contributed by atoms with Crippen LogP contribution in [0.1, 0.15) is 35.6 Å². The minimum atomic E-state index is -1.04. The molecule has 10 rings (SSSR count). The zero-order chi connectivity index (χ0) is 52.1. The van der Waals surface area contributed by atoms with E-state index in [2.05, 4.69) is 0 Å². The molecule has 0 radical (unpaired) electrons. The third-order valence-electron chi connectivity index (χ3n) is 7.51. The zero-order valence-electron chi connectivity index (χ0n) is 48.4. The van der Waals surface area contributed by atoms with Crippen molar-refractivity contribution in [2.24, 2.45) is 0 Å². The molecule has 45 heavy (non-hydrogen) atoms. The molecule has 1 aliphatic heterocycles. The lowest BCUT2D eigenvalue weighted by Crippen LogP contribution is -1.94. The van der Waals surface area contributed by atoms with E-state index in [4.69, 9.17) is 21.9 Å². The fourth-order valence-electron chi connectivity index (χ4n) is 5.55. The maximum absolute atomic E-state index is 9.97. The molecule has 0 atom stereocenters. The molecule has 1 heterocycles. The Balaban J connectivity index is 1.47. The van der Waals surface area contributed by atoms with Gasteiger partial charge in [0.15, 0.2) is 0 Å². The van der Waals surface area contributed by atoms with E-state index in [-0.39, 0.29) is 36.9 Å². The lowest BCUT2D eigenvalue weighted by atomic mass is 9.87. The molecule has 0 unspecified atom stereocenters. The number of hydrogen-bond donors (Lipinski definition) is 0. The predicted molar refractivity (Wildman–Crippen MR) is 194 cm³/mol. The van der Waals surface area contributed by atoms with E-state index in [9.17, 15) is 13.7 Å².